The second kappa shape index (κ2) is 7.56. The number of nitro groups is 1. The van der Waals surface area contributed by atoms with Crippen molar-refractivity contribution >= 4 is 23.0 Å². The first-order chi connectivity index (χ1) is 12.5. The molecule has 1 aliphatic heterocycles. The van der Waals surface area contributed by atoms with E-state index in [9.17, 15) is 14.9 Å². The molecular weight excluding hydrogens is 330 g/mol. The maximum Gasteiger partial charge on any atom is 0.292 e. The van der Waals surface area contributed by atoms with Gasteiger partial charge in [-0.25, -0.2) is 0 Å². The quantitative estimate of drug-likeness (QED) is 0.664. The van der Waals surface area contributed by atoms with Gasteiger partial charge in [-0.3, -0.25) is 14.9 Å². The smallest absolute Gasteiger partial charge is 0.292 e. The van der Waals surface area contributed by atoms with E-state index in [1.54, 1.807) is 18.2 Å². The monoisotopic (exact) mass is 353 g/mol. The van der Waals surface area contributed by atoms with Crippen molar-refractivity contribution in [3.8, 4) is 0 Å². The van der Waals surface area contributed by atoms with Crippen LogP contribution in [0.1, 0.15) is 24.0 Å². The average molecular weight is 353 g/mol. The molecule has 1 heterocycles. The Bertz CT molecular complexity index is 827. The summed E-state index contributed by atoms with van der Waals surface area (Å²) in [6.07, 6.45) is 1.37. The second-order valence-electron chi connectivity index (χ2n) is 6.80. The molecule has 2 aromatic carbocycles. The van der Waals surface area contributed by atoms with Gasteiger partial charge >= 0.3 is 0 Å². The van der Waals surface area contributed by atoms with E-state index in [4.69, 9.17) is 0 Å². The second-order valence-corrected chi connectivity index (χ2v) is 6.80. The Kier molecular flexibility index (Phi) is 5.21. The van der Waals surface area contributed by atoms with Gasteiger partial charge in [-0.05, 0) is 56.0 Å². The molecule has 0 unspecified atom stereocenters. The minimum absolute atomic E-state index is 0.0236. The third kappa shape index (κ3) is 3.85. The van der Waals surface area contributed by atoms with E-state index in [1.165, 1.54) is 11.6 Å². The molecule has 1 aliphatic rings. The summed E-state index contributed by atoms with van der Waals surface area (Å²) in [7, 11) is 0. The lowest BCUT2D eigenvalue weighted by Gasteiger charge is -2.32. The van der Waals surface area contributed by atoms with Gasteiger partial charge in [-0.1, -0.05) is 18.2 Å². The summed E-state index contributed by atoms with van der Waals surface area (Å²) in [5, 5.41) is 14.2. The number of hydrogen-bond donors (Lipinski definition) is 1. The molecule has 1 amide bonds. The fourth-order valence-corrected chi connectivity index (χ4v) is 3.33. The van der Waals surface area contributed by atoms with E-state index in [1.807, 2.05) is 36.9 Å². The Morgan fingerprint density at radius 3 is 2.46 bits per heavy atom. The predicted molar refractivity (Wildman–Crippen MR) is 103 cm³/mol. The van der Waals surface area contributed by atoms with Crippen LogP contribution in [0.2, 0.25) is 0 Å². The summed E-state index contributed by atoms with van der Waals surface area (Å²) < 4.78 is 0. The van der Waals surface area contributed by atoms with Gasteiger partial charge in [0.05, 0.1) is 4.92 Å². The summed E-state index contributed by atoms with van der Waals surface area (Å²) in [6.45, 7) is 5.33. The zero-order chi connectivity index (χ0) is 18.7. The number of rotatable bonds is 4. The number of nitro benzene ring substituents is 1. The molecule has 1 saturated heterocycles. The van der Waals surface area contributed by atoms with Gasteiger partial charge in [-0.2, -0.15) is 0 Å². The first-order valence-corrected chi connectivity index (χ1v) is 8.82. The normalized spacial score (nSPS) is 14.9. The van der Waals surface area contributed by atoms with Gasteiger partial charge < -0.3 is 10.2 Å². The number of nitrogens with zero attached hydrogens (tertiary/aromatic N) is 2. The molecule has 0 radical (unpaired) electrons. The molecule has 136 valence electrons. The van der Waals surface area contributed by atoms with Crippen LogP contribution in [0.15, 0.2) is 42.5 Å². The van der Waals surface area contributed by atoms with E-state index in [2.05, 4.69) is 5.32 Å². The first-order valence-electron chi connectivity index (χ1n) is 8.82. The maximum atomic E-state index is 12.5. The van der Waals surface area contributed by atoms with Crippen molar-refractivity contribution in [1.82, 2.24) is 0 Å². The lowest BCUT2D eigenvalue weighted by molar-refractivity contribution is -0.384. The highest BCUT2D eigenvalue weighted by molar-refractivity contribution is 5.92. The van der Waals surface area contributed by atoms with Gasteiger partial charge in [-0.15, -0.1) is 0 Å². The molecule has 26 heavy (non-hydrogen) atoms. The molecule has 6 heteroatoms. The Balaban J connectivity index is 1.62. The summed E-state index contributed by atoms with van der Waals surface area (Å²) in [5.41, 5.74) is 3.91. The summed E-state index contributed by atoms with van der Waals surface area (Å²) in [6, 6.07) is 12.7. The molecule has 3 rings (SSSR count). The fraction of sp³-hybridized carbons (Fsp3) is 0.350. The van der Waals surface area contributed by atoms with Crippen LogP contribution >= 0.6 is 0 Å². The molecule has 2 aromatic rings. The van der Waals surface area contributed by atoms with Gasteiger partial charge in [0.15, 0.2) is 0 Å². The van der Waals surface area contributed by atoms with Gasteiger partial charge in [0.2, 0.25) is 5.91 Å². The van der Waals surface area contributed by atoms with Crippen LogP contribution < -0.4 is 10.2 Å². The Hall–Kier alpha value is -2.89. The van der Waals surface area contributed by atoms with Crippen molar-refractivity contribution in [2.45, 2.75) is 26.7 Å². The van der Waals surface area contributed by atoms with Crippen molar-refractivity contribution in [2.24, 2.45) is 5.92 Å². The molecule has 6 nitrogen and oxygen atoms in total. The van der Waals surface area contributed by atoms with Crippen molar-refractivity contribution in [3.05, 3.63) is 63.7 Å². The Morgan fingerprint density at radius 2 is 1.81 bits per heavy atom. The first kappa shape index (κ1) is 17.9. The number of carbonyl (C=O) groups is 1. The standard InChI is InChI=1S/C20H23N3O3/c1-14-7-8-17(13-15(14)2)21-20(24)16-9-11-22(12-10-16)18-5-3-4-6-19(18)23(25)26/h3-8,13,16H,9-12H2,1-2H3,(H,21,24). The summed E-state index contributed by atoms with van der Waals surface area (Å²) >= 11 is 0. The van der Waals surface area contributed by atoms with Crippen molar-refractivity contribution in [1.29, 1.82) is 0 Å². The van der Waals surface area contributed by atoms with Crippen LogP contribution in [-0.2, 0) is 4.79 Å². The van der Waals surface area contributed by atoms with Crippen molar-refractivity contribution in [2.75, 3.05) is 23.3 Å². The van der Waals surface area contributed by atoms with Crippen LogP contribution in [-0.4, -0.2) is 23.9 Å². The van der Waals surface area contributed by atoms with Gasteiger partial charge in [0.25, 0.3) is 5.69 Å². The third-order valence-corrected chi connectivity index (χ3v) is 5.06. The topological polar surface area (TPSA) is 75.5 Å². The van der Waals surface area contributed by atoms with Crippen LogP contribution in [0.25, 0.3) is 0 Å². The molecule has 0 atom stereocenters. The minimum atomic E-state index is -0.353. The number of amides is 1. The molecule has 1 fully saturated rings. The predicted octanol–water partition coefficient (Wildman–Crippen LogP) is 4.07. The number of nitrogens with one attached hydrogen (secondary N) is 1. The highest BCUT2D eigenvalue weighted by atomic mass is 16.6. The molecule has 0 spiro atoms. The number of para-hydroxylation sites is 2. The maximum absolute atomic E-state index is 12.5. The fourth-order valence-electron chi connectivity index (χ4n) is 3.33. The number of carbonyl (C=O) groups excluding carboxylic acids is 1. The van der Waals surface area contributed by atoms with E-state index in [-0.39, 0.29) is 22.4 Å². The zero-order valence-electron chi connectivity index (χ0n) is 15.1. The van der Waals surface area contributed by atoms with Crippen LogP contribution in [0, 0.1) is 29.9 Å². The number of aryl methyl sites for hydroxylation is 2. The van der Waals surface area contributed by atoms with Crippen LogP contribution in [0.3, 0.4) is 0 Å². The Labute approximate surface area is 153 Å². The number of anilines is 2. The molecule has 0 aromatic heterocycles. The van der Waals surface area contributed by atoms with Crippen molar-refractivity contribution < 1.29 is 9.72 Å². The lowest BCUT2D eigenvalue weighted by Crippen LogP contribution is -2.38. The van der Waals surface area contributed by atoms with E-state index < -0.39 is 0 Å². The van der Waals surface area contributed by atoms with E-state index in [0.29, 0.717) is 31.6 Å². The number of hydrogen-bond acceptors (Lipinski definition) is 4. The lowest BCUT2D eigenvalue weighted by atomic mass is 9.95. The summed E-state index contributed by atoms with van der Waals surface area (Å²) in [5.74, 6) is -0.0499. The molecule has 0 aliphatic carbocycles. The van der Waals surface area contributed by atoms with Gasteiger partial charge in [0, 0.05) is 30.8 Å². The SMILES string of the molecule is Cc1ccc(NC(=O)C2CCN(c3ccccc3[N+](=O)[O-])CC2)cc1C. The molecule has 0 saturated carbocycles. The summed E-state index contributed by atoms with van der Waals surface area (Å²) in [4.78, 5) is 25.4. The van der Waals surface area contributed by atoms with Crippen LogP contribution in [0.4, 0.5) is 17.1 Å². The van der Waals surface area contributed by atoms with Crippen molar-refractivity contribution in [3.63, 3.8) is 0 Å². The molecule has 1 N–H and O–H groups in total. The highest BCUT2D eigenvalue weighted by Gasteiger charge is 2.28. The molecule has 0 bridgehead atoms. The zero-order valence-corrected chi connectivity index (χ0v) is 15.1. The van der Waals surface area contributed by atoms with Gasteiger partial charge in [0.1, 0.15) is 5.69 Å². The minimum Gasteiger partial charge on any atom is -0.366 e. The number of benzene rings is 2. The molecular formula is C20H23N3O3. The van der Waals surface area contributed by atoms with E-state index in [0.717, 1.165) is 11.3 Å². The third-order valence-electron chi connectivity index (χ3n) is 5.06. The largest absolute Gasteiger partial charge is 0.366 e. The van der Waals surface area contributed by atoms with E-state index >= 15 is 0 Å². The number of piperidine rings is 1. The van der Waals surface area contributed by atoms with Crippen LogP contribution in [0.5, 0.6) is 0 Å². The Morgan fingerprint density at radius 1 is 1.12 bits per heavy atom. The highest BCUT2D eigenvalue weighted by Crippen LogP contribution is 2.31. The average Bonchev–Trinajstić information content (AvgIpc) is 2.65.